The Morgan fingerprint density at radius 3 is 2.60 bits per heavy atom. The molecule has 4 rings (SSSR count). The number of carboxylic acid groups (broad SMARTS) is 1. The van der Waals surface area contributed by atoms with Crippen LogP contribution in [-0.4, -0.2) is 26.3 Å². The molecule has 146 valence electrons. The molecule has 0 aliphatic heterocycles. The minimum atomic E-state index is -1.10. The second kappa shape index (κ2) is 7.33. The summed E-state index contributed by atoms with van der Waals surface area (Å²) < 4.78 is 4.67. The molecule has 0 amide bonds. The van der Waals surface area contributed by atoms with E-state index >= 15 is 0 Å². The number of aromatic carboxylic acids is 1. The van der Waals surface area contributed by atoms with Crippen LogP contribution in [0.3, 0.4) is 0 Å². The first kappa shape index (κ1) is 18.6. The van der Waals surface area contributed by atoms with Crippen molar-refractivity contribution in [2.24, 2.45) is 0 Å². The fraction of sp³-hybridized carbons (Fsp3) is 0. The number of rotatable bonds is 5. The summed E-state index contributed by atoms with van der Waals surface area (Å²) >= 11 is 0. The molecule has 0 spiro atoms. The van der Waals surface area contributed by atoms with Gasteiger partial charge in [0.2, 0.25) is 5.52 Å². The molecule has 2 N–H and O–H groups in total. The number of nitrogens with zero attached hydrogens (tertiary/aromatic N) is 4. The van der Waals surface area contributed by atoms with Gasteiger partial charge in [0.05, 0.1) is 27.8 Å². The highest BCUT2D eigenvalue weighted by Gasteiger charge is 2.20. The van der Waals surface area contributed by atoms with E-state index in [1.807, 2.05) is 6.07 Å². The molecule has 0 fully saturated rings. The molecule has 10 nitrogen and oxygen atoms in total. The highest BCUT2D eigenvalue weighted by atomic mass is 16.6. The van der Waals surface area contributed by atoms with Gasteiger partial charge >= 0.3 is 11.7 Å². The Bertz CT molecular complexity index is 1360. The van der Waals surface area contributed by atoms with Gasteiger partial charge in [-0.05, 0) is 52.3 Å². The number of nitrogens with one attached hydrogen (secondary N) is 1. The van der Waals surface area contributed by atoms with Gasteiger partial charge in [-0.2, -0.15) is 5.26 Å². The van der Waals surface area contributed by atoms with Gasteiger partial charge in [-0.15, -0.1) is 0 Å². The van der Waals surface area contributed by atoms with Gasteiger partial charge in [-0.3, -0.25) is 10.1 Å². The van der Waals surface area contributed by atoms with Crippen molar-refractivity contribution in [1.29, 1.82) is 5.26 Å². The number of fused-ring (bicyclic) bond motifs is 1. The maximum Gasteiger partial charge on any atom is 0.335 e. The predicted molar refractivity (Wildman–Crippen MR) is 105 cm³/mol. The number of aromatic nitrogens is 2. The molecule has 30 heavy (non-hydrogen) atoms. The smallest absolute Gasteiger partial charge is 0.335 e. The van der Waals surface area contributed by atoms with Gasteiger partial charge in [0, 0.05) is 17.3 Å². The zero-order chi connectivity index (χ0) is 21.3. The van der Waals surface area contributed by atoms with Gasteiger partial charge in [-0.1, -0.05) is 12.1 Å². The van der Waals surface area contributed by atoms with E-state index in [9.17, 15) is 25.3 Å². The summed E-state index contributed by atoms with van der Waals surface area (Å²) in [6.07, 6.45) is 0. The molecule has 10 heteroatoms. The molecule has 0 unspecified atom stereocenters. The van der Waals surface area contributed by atoms with Crippen LogP contribution in [0, 0.1) is 21.4 Å². The number of nitro groups is 1. The monoisotopic (exact) mass is 401 g/mol. The number of benzene rings is 3. The molecule has 1 aromatic heterocycles. The van der Waals surface area contributed by atoms with E-state index in [1.54, 1.807) is 30.3 Å². The summed E-state index contributed by atoms with van der Waals surface area (Å²) in [4.78, 5) is 22.0. The van der Waals surface area contributed by atoms with Gasteiger partial charge < -0.3 is 10.4 Å². The molecule has 0 aliphatic carbocycles. The number of hydrogen-bond acceptors (Lipinski definition) is 8. The fourth-order valence-corrected chi connectivity index (χ4v) is 3.03. The van der Waals surface area contributed by atoms with Crippen molar-refractivity contribution in [3.63, 3.8) is 0 Å². The Kier molecular flexibility index (Phi) is 4.54. The lowest BCUT2D eigenvalue weighted by Gasteiger charge is -2.14. The Morgan fingerprint density at radius 2 is 1.87 bits per heavy atom. The molecular formula is C20H11N5O5. The lowest BCUT2D eigenvalue weighted by Crippen LogP contribution is -2.00. The van der Waals surface area contributed by atoms with E-state index in [0.717, 1.165) is 0 Å². The van der Waals surface area contributed by atoms with Crippen LogP contribution in [0.2, 0.25) is 0 Å². The second-order valence-electron chi connectivity index (χ2n) is 6.23. The lowest BCUT2D eigenvalue weighted by molar-refractivity contribution is -0.383. The highest BCUT2D eigenvalue weighted by Crippen LogP contribution is 2.35. The van der Waals surface area contributed by atoms with Gasteiger partial charge in [-0.25, -0.2) is 9.42 Å². The van der Waals surface area contributed by atoms with Crippen LogP contribution < -0.4 is 5.32 Å². The molecule has 1 heterocycles. The molecule has 0 saturated carbocycles. The maximum absolute atomic E-state index is 11.5. The number of nitro benzene ring substituents is 1. The topological polar surface area (TPSA) is 155 Å². The van der Waals surface area contributed by atoms with Crippen LogP contribution in [0.25, 0.3) is 22.2 Å². The van der Waals surface area contributed by atoms with Crippen LogP contribution >= 0.6 is 0 Å². The summed E-state index contributed by atoms with van der Waals surface area (Å²) in [5.74, 6) is -1.10. The highest BCUT2D eigenvalue weighted by molar-refractivity contribution is 5.97. The first-order chi connectivity index (χ1) is 14.5. The first-order valence-corrected chi connectivity index (χ1v) is 8.52. The number of carboxylic acids is 1. The third-order valence-corrected chi connectivity index (χ3v) is 4.43. The predicted octanol–water partition coefficient (Wildman–Crippen LogP) is 4.11. The van der Waals surface area contributed by atoms with Crippen molar-refractivity contribution in [2.75, 3.05) is 5.32 Å². The molecule has 0 radical (unpaired) electrons. The van der Waals surface area contributed by atoms with Crippen LogP contribution in [0.5, 0.6) is 0 Å². The average Bonchev–Trinajstić information content (AvgIpc) is 3.24. The number of non-ortho nitro benzene ring substituents is 1. The Labute approximate surface area is 168 Å². The van der Waals surface area contributed by atoms with Crippen LogP contribution in [0.1, 0.15) is 15.9 Å². The van der Waals surface area contributed by atoms with Gasteiger partial charge in [0.15, 0.2) is 5.52 Å². The van der Waals surface area contributed by atoms with Crippen molar-refractivity contribution in [2.45, 2.75) is 0 Å². The van der Waals surface area contributed by atoms with Crippen LogP contribution in [-0.2, 0) is 0 Å². The number of nitriles is 1. The third-order valence-electron chi connectivity index (χ3n) is 4.43. The van der Waals surface area contributed by atoms with Crippen LogP contribution in [0.15, 0.2) is 59.2 Å². The van der Waals surface area contributed by atoms with E-state index in [-0.39, 0.29) is 22.3 Å². The summed E-state index contributed by atoms with van der Waals surface area (Å²) in [5.41, 5.74) is 2.41. The summed E-state index contributed by atoms with van der Waals surface area (Å²) in [5, 5.41) is 40.2. The molecule has 3 aromatic carbocycles. The Balaban J connectivity index is 1.86. The maximum atomic E-state index is 11.5. The molecule has 0 atom stereocenters. The normalized spacial score (nSPS) is 10.5. The zero-order valence-corrected chi connectivity index (χ0v) is 15.1. The van der Waals surface area contributed by atoms with E-state index in [2.05, 4.69) is 20.3 Å². The fourth-order valence-electron chi connectivity index (χ4n) is 3.03. The minimum Gasteiger partial charge on any atom is -0.478 e. The van der Waals surface area contributed by atoms with E-state index in [1.165, 1.54) is 24.3 Å². The number of anilines is 2. The second-order valence-corrected chi connectivity index (χ2v) is 6.23. The first-order valence-electron chi connectivity index (χ1n) is 8.52. The molecule has 0 bridgehead atoms. The molecular weight excluding hydrogens is 390 g/mol. The lowest BCUT2D eigenvalue weighted by atomic mass is 9.99. The summed E-state index contributed by atoms with van der Waals surface area (Å²) in [6.45, 7) is 0. The summed E-state index contributed by atoms with van der Waals surface area (Å²) in [6, 6.07) is 16.0. The van der Waals surface area contributed by atoms with Crippen molar-refractivity contribution in [3.05, 3.63) is 75.8 Å². The SMILES string of the molecule is N#Cc1cccc(-c2cc(C(=O)O)ccc2Nc2ccc([N+](=O)[O-])c3nonc23)c1. The summed E-state index contributed by atoms with van der Waals surface area (Å²) in [7, 11) is 0. The van der Waals surface area contributed by atoms with E-state index in [0.29, 0.717) is 28.1 Å². The average molecular weight is 401 g/mol. The minimum absolute atomic E-state index is 0.0137. The van der Waals surface area contributed by atoms with Crippen molar-refractivity contribution < 1.29 is 19.5 Å². The van der Waals surface area contributed by atoms with Crippen LogP contribution in [0.4, 0.5) is 17.1 Å². The van der Waals surface area contributed by atoms with Crippen molar-refractivity contribution >= 4 is 34.1 Å². The van der Waals surface area contributed by atoms with Gasteiger partial charge in [0.1, 0.15) is 0 Å². The van der Waals surface area contributed by atoms with Crippen molar-refractivity contribution in [3.8, 4) is 17.2 Å². The number of carbonyl (C=O) groups is 1. The quantitative estimate of drug-likeness (QED) is 0.371. The van der Waals surface area contributed by atoms with Gasteiger partial charge in [0.25, 0.3) is 0 Å². The van der Waals surface area contributed by atoms with Crippen molar-refractivity contribution in [1.82, 2.24) is 10.3 Å². The third kappa shape index (κ3) is 3.27. The van der Waals surface area contributed by atoms with E-state index in [4.69, 9.17) is 0 Å². The van der Waals surface area contributed by atoms with E-state index < -0.39 is 10.9 Å². The number of hydrogen-bond donors (Lipinski definition) is 2. The Morgan fingerprint density at radius 1 is 1.10 bits per heavy atom. The zero-order valence-electron chi connectivity index (χ0n) is 15.1. The largest absolute Gasteiger partial charge is 0.478 e. The molecule has 0 saturated heterocycles. The standard InChI is InChI=1S/C20H11N5O5/c21-10-11-2-1-3-12(8-11)14-9-13(20(26)27)4-5-15(14)22-16-6-7-17(25(28)29)19-18(16)23-30-24-19/h1-9,22H,(H,26,27). The molecule has 4 aromatic rings. The Hall–Kier alpha value is -4.78. The molecule has 0 aliphatic rings.